The molecule has 9 heteroatoms. The van der Waals surface area contributed by atoms with Crippen molar-refractivity contribution in [3.05, 3.63) is 59.7 Å². The second-order valence-corrected chi connectivity index (χ2v) is 5.78. The number of nitrogens with one attached hydrogen (secondary N) is 2. The highest BCUT2D eigenvalue weighted by Gasteiger charge is 2.27. The predicted molar refractivity (Wildman–Crippen MR) is 95.9 cm³/mol. The molecule has 3 rings (SSSR count). The minimum absolute atomic E-state index is 0.0421. The van der Waals surface area contributed by atoms with Gasteiger partial charge in [0.1, 0.15) is 6.61 Å². The Morgan fingerprint density at radius 3 is 2.54 bits per heavy atom. The van der Waals surface area contributed by atoms with Crippen LogP contribution in [0.25, 0.3) is 0 Å². The molecule has 2 aromatic carbocycles. The number of carboxylic acids is 1. The Hall–Kier alpha value is -3.88. The van der Waals surface area contributed by atoms with Crippen LogP contribution in [0.2, 0.25) is 0 Å². The lowest BCUT2D eigenvalue weighted by atomic mass is 10.1. The lowest BCUT2D eigenvalue weighted by Gasteiger charge is -2.25. The number of nitrogens with zero attached hydrogens (tertiary/aromatic N) is 1. The van der Waals surface area contributed by atoms with Gasteiger partial charge in [-0.25, -0.2) is 5.43 Å². The molecule has 2 amide bonds. The number of hydrogen-bond acceptors (Lipinski definition) is 7. The number of para-hydroxylation sites is 2. The zero-order valence-corrected chi connectivity index (χ0v) is 14.6. The third-order valence-electron chi connectivity index (χ3n) is 3.77. The first kappa shape index (κ1) is 18.9. The molecule has 0 saturated carbocycles. The normalized spacial score (nSPS) is 15.1. The van der Waals surface area contributed by atoms with Crippen molar-refractivity contribution in [1.29, 1.82) is 0 Å². The van der Waals surface area contributed by atoms with Crippen molar-refractivity contribution in [3.63, 3.8) is 0 Å². The van der Waals surface area contributed by atoms with E-state index < -0.39 is 23.9 Å². The first-order chi connectivity index (χ1) is 13.5. The maximum Gasteiger partial charge on any atom is 0.265 e. The third kappa shape index (κ3) is 4.85. The molecule has 1 atom stereocenters. The molecule has 0 aliphatic carbocycles. The average molecular weight is 382 g/mol. The number of ether oxygens (including phenoxy) is 2. The van der Waals surface area contributed by atoms with E-state index in [4.69, 9.17) is 9.47 Å². The smallest absolute Gasteiger partial charge is 0.265 e. The first-order valence-electron chi connectivity index (χ1n) is 8.32. The van der Waals surface area contributed by atoms with Crippen LogP contribution in [-0.2, 0) is 9.59 Å². The summed E-state index contributed by atoms with van der Waals surface area (Å²) in [6, 6.07) is 12.7. The summed E-state index contributed by atoms with van der Waals surface area (Å²) < 4.78 is 11.0. The number of fused-ring (bicyclic) bond motifs is 1. The van der Waals surface area contributed by atoms with Gasteiger partial charge in [0.25, 0.3) is 11.8 Å². The van der Waals surface area contributed by atoms with Crippen LogP contribution in [0.1, 0.15) is 15.9 Å². The summed E-state index contributed by atoms with van der Waals surface area (Å²) in [6.45, 7) is -0.244. The van der Waals surface area contributed by atoms with Crippen molar-refractivity contribution in [2.24, 2.45) is 5.10 Å². The number of carbonyl (C=O) groups is 3. The molecule has 144 valence electrons. The molecular formula is C19H16N3O6-. The lowest BCUT2D eigenvalue weighted by molar-refractivity contribution is -0.255. The fraction of sp³-hybridized carbons (Fsp3) is 0.158. The monoisotopic (exact) mass is 382 g/mol. The Morgan fingerprint density at radius 1 is 1.11 bits per heavy atom. The van der Waals surface area contributed by atoms with E-state index in [-0.39, 0.29) is 18.7 Å². The molecule has 1 aliphatic rings. The minimum atomic E-state index is -1.27. The van der Waals surface area contributed by atoms with Gasteiger partial charge in [-0.2, -0.15) is 5.10 Å². The third-order valence-corrected chi connectivity index (χ3v) is 3.77. The summed E-state index contributed by atoms with van der Waals surface area (Å²) in [4.78, 5) is 34.5. The lowest BCUT2D eigenvalue weighted by Crippen LogP contribution is -2.46. The summed E-state index contributed by atoms with van der Waals surface area (Å²) in [5.74, 6) is -1.26. The summed E-state index contributed by atoms with van der Waals surface area (Å²) in [5, 5.41) is 16.9. The number of hydrogen-bond donors (Lipinski definition) is 2. The predicted octanol–water partition coefficient (Wildman–Crippen LogP) is -0.544. The van der Waals surface area contributed by atoms with Crippen LogP contribution < -0.4 is 25.3 Å². The fourth-order valence-electron chi connectivity index (χ4n) is 2.35. The van der Waals surface area contributed by atoms with Crippen LogP contribution in [0.4, 0.5) is 0 Å². The second-order valence-electron chi connectivity index (χ2n) is 5.78. The van der Waals surface area contributed by atoms with Crippen LogP contribution >= 0.6 is 0 Å². The highest BCUT2D eigenvalue weighted by Crippen LogP contribution is 2.30. The Bertz CT molecular complexity index is 910. The van der Waals surface area contributed by atoms with Gasteiger partial charge >= 0.3 is 0 Å². The molecular weight excluding hydrogens is 366 g/mol. The molecule has 0 unspecified atom stereocenters. The van der Waals surface area contributed by atoms with Crippen molar-refractivity contribution < 1.29 is 29.0 Å². The van der Waals surface area contributed by atoms with Crippen molar-refractivity contribution in [1.82, 2.24) is 10.7 Å². The van der Waals surface area contributed by atoms with Crippen LogP contribution in [0.5, 0.6) is 11.5 Å². The molecule has 0 radical (unpaired) electrons. The molecule has 0 fully saturated rings. The van der Waals surface area contributed by atoms with Gasteiger partial charge in [-0.3, -0.25) is 9.59 Å². The zero-order valence-electron chi connectivity index (χ0n) is 14.6. The van der Waals surface area contributed by atoms with Crippen LogP contribution in [0, 0.1) is 0 Å². The van der Waals surface area contributed by atoms with Crippen molar-refractivity contribution in [2.45, 2.75) is 6.10 Å². The Morgan fingerprint density at radius 2 is 1.82 bits per heavy atom. The number of aromatic carboxylic acids is 1. The number of benzene rings is 2. The molecule has 2 aromatic rings. The maximum absolute atomic E-state index is 12.1. The van der Waals surface area contributed by atoms with Crippen LogP contribution in [0.15, 0.2) is 53.6 Å². The van der Waals surface area contributed by atoms with Gasteiger partial charge in [0, 0.05) is 0 Å². The molecule has 0 saturated heterocycles. The molecule has 1 aliphatic heterocycles. The number of carbonyl (C=O) groups excluding carboxylic acids is 3. The van der Waals surface area contributed by atoms with E-state index in [1.807, 2.05) is 0 Å². The second kappa shape index (κ2) is 8.67. The van der Waals surface area contributed by atoms with E-state index >= 15 is 0 Å². The van der Waals surface area contributed by atoms with E-state index in [0.717, 1.165) is 0 Å². The number of rotatable bonds is 6. The van der Waals surface area contributed by atoms with Crippen molar-refractivity contribution in [2.75, 3.05) is 13.2 Å². The van der Waals surface area contributed by atoms with Gasteiger partial charge in [-0.1, -0.05) is 36.4 Å². The van der Waals surface area contributed by atoms with E-state index in [1.54, 1.807) is 24.3 Å². The summed E-state index contributed by atoms with van der Waals surface area (Å²) in [5.41, 5.74) is 2.88. The van der Waals surface area contributed by atoms with Gasteiger partial charge in [0.2, 0.25) is 6.10 Å². The molecule has 0 bridgehead atoms. The van der Waals surface area contributed by atoms with Crippen molar-refractivity contribution in [3.8, 4) is 11.5 Å². The molecule has 9 nitrogen and oxygen atoms in total. The van der Waals surface area contributed by atoms with Crippen molar-refractivity contribution >= 4 is 24.0 Å². The van der Waals surface area contributed by atoms with Crippen LogP contribution in [0.3, 0.4) is 0 Å². The number of amides is 2. The highest BCUT2D eigenvalue weighted by molar-refractivity contribution is 5.89. The van der Waals surface area contributed by atoms with Gasteiger partial charge in [-0.15, -0.1) is 0 Å². The van der Waals surface area contributed by atoms with E-state index in [9.17, 15) is 19.5 Å². The summed E-state index contributed by atoms with van der Waals surface area (Å²) >= 11 is 0. The fourth-order valence-corrected chi connectivity index (χ4v) is 2.35. The van der Waals surface area contributed by atoms with E-state index in [0.29, 0.717) is 17.1 Å². The maximum atomic E-state index is 12.1. The Kier molecular flexibility index (Phi) is 5.85. The quantitative estimate of drug-likeness (QED) is 0.510. The summed E-state index contributed by atoms with van der Waals surface area (Å²) in [6.07, 6.45) is 0.488. The molecule has 2 N–H and O–H groups in total. The number of carboxylic acid groups (broad SMARTS) is 1. The van der Waals surface area contributed by atoms with Gasteiger partial charge in [-0.05, 0) is 23.3 Å². The van der Waals surface area contributed by atoms with E-state index in [1.165, 1.54) is 30.5 Å². The Balaban J connectivity index is 1.43. The minimum Gasteiger partial charge on any atom is -0.545 e. The SMILES string of the molecule is O=C(CNC(=O)[C@H]1COc2ccccc2O1)NN=Cc1ccc(C(=O)[O-])cc1. The highest BCUT2D eigenvalue weighted by atomic mass is 16.6. The first-order valence-corrected chi connectivity index (χ1v) is 8.32. The largest absolute Gasteiger partial charge is 0.545 e. The molecule has 28 heavy (non-hydrogen) atoms. The van der Waals surface area contributed by atoms with E-state index in [2.05, 4.69) is 15.8 Å². The van der Waals surface area contributed by atoms with Gasteiger partial charge in [0.15, 0.2) is 11.5 Å². The van der Waals surface area contributed by atoms with Gasteiger partial charge in [0.05, 0.1) is 18.7 Å². The standard InChI is InChI=1S/C19H17N3O6/c23-17(22-21-9-12-5-7-13(8-6-12)19(25)26)10-20-18(24)16-11-27-14-3-1-2-4-15(14)28-16/h1-9,16H,10-11H2,(H,20,24)(H,22,23)(H,25,26)/p-1/t16-/m1/s1. The number of hydrazone groups is 1. The van der Waals surface area contributed by atoms with Crippen LogP contribution in [-0.4, -0.2) is 43.3 Å². The molecule has 1 heterocycles. The van der Waals surface area contributed by atoms with Gasteiger partial charge < -0.3 is 24.7 Å². The summed E-state index contributed by atoms with van der Waals surface area (Å²) in [7, 11) is 0. The Labute approximate surface area is 160 Å². The molecule has 0 aromatic heterocycles. The average Bonchev–Trinajstić information content (AvgIpc) is 2.72. The zero-order chi connectivity index (χ0) is 19.9. The molecule has 0 spiro atoms. The topological polar surface area (TPSA) is 129 Å².